The van der Waals surface area contributed by atoms with Crippen molar-refractivity contribution in [1.29, 1.82) is 0 Å². The molecule has 0 amide bonds. The van der Waals surface area contributed by atoms with Gasteiger partial charge in [0, 0.05) is 29.6 Å². The monoisotopic (exact) mass is 143 g/mol. The molecular formula is FeNaS2. The predicted molar refractivity (Wildman–Crippen MR) is 20.9 cm³/mol. The minimum atomic E-state index is 0. The first-order chi connectivity index (χ1) is 1.41. The summed E-state index contributed by atoms with van der Waals surface area (Å²) in [5.41, 5.74) is 0. The van der Waals surface area contributed by atoms with Gasteiger partial charge in [0.25, 0.3) is 0 Å². The van der Waals surface area contributed by atoms with Crippen LogP contribution in [0.5, 0.6) is 0 Å². The molecule has 21 valence electrons. The summed E-state index contributed by atoms with van der Waals surface area (Å²) in [7, 11) is 8.42. The summed E-state index contributed by atoms with van der Waals surface area (Å²) in [6, 6.07) is 0. The van der Waals surface area contributed by atoms with Gasteiger partial charge in [-0.05, 0) is 0 Å². The van der Waals surface area contributed by atoms with E-state index < -0.39 is 0 Å². The van der Waals surface area contributed by atoms with Crippen LogP contribution in [0.3, 0.4) is 0 Å². The first-order valence-corrected chi connectivity index (χ1v) is 3.57. The van der Waals surface area contributed by atoms with Crippen molar-refractivity contribution in [3.63, 3.8) is 0 Å². The second kappa shape index (κ2) is 8.88. The molecule has 4 heavy (non-hydrogen) atoms. The molecule has 0 aromatic rings. The molecule has 0 saturated carbocycles. The van der Waals surface area contributed by atoms with Gasteiger partial charge in [-0.15, -0.1) is 0 Å². The molecule has 0 heterocycles. The molecular weight excluding hydrogens is 143 g/mol. The van der Waals surface area contributed by atoms with E-state index in [1.807, 2.05) is 0 Å². The quantitative estimate of drug-likeness (QED) is 0.462. The Morgan fingerprint density at radius 2 is 1.25 bits per heavy atom. The Kier molecular flexibility index (Phi) is 20.8. The van der Waals surface area contributed by atoms with Gasteiger partial charge in [-0.1, -0.05) is 0 Å². The summed E-state index contributed by atoms with van der Waals surface area (Å²) in [6.07, 6.45) is 0. The van der Waals surface area contributed by atoms with Gasteiger partial charge in [0.1, 0.15) is 0 Å². The van der Waals surface area contributed by atoms with Crippen molar-refractivity contribution in [2.45, 2.75) is 0 Å². The second-order valence-corrected chi connectivity index (χ2v) is 2.19. The Hall–Kier alpha value is 1.96. The van der Waals surface area contributed by atoms with Crippen molar-refractivity contribution in [1.82, 2.24) is 0 Å². The molecule has 0 bridgehead atoms. The van der Waals surface area contributed by atoms with Gasteiger partial charge in [-0.3, -0.25) is 0 Å². The average Bonchev–Trinajstić information content (AvgIpc) is 0.918. The van der Waals surface area contributed by atoms with E-state index in [0.717, 1.165) is 0 Å². The molecule has 0 rings (SSSR count). The van der Waals surface area contributed by atoms with E-state index in [4.69, 9.17) is 0 Å². The molecule has 0 aliphatic heterocycles. The van der Waals surface area contributed by atoms with Gasteiger partial charge in [-0.2, -0.15) is 0 Å². The van der Waals surface area contributed by atoms with Crippen molar-refractivity contribution >= 4 is 50.7 Å². The van der Waals surface area contributed by atoms with Gasteiger partial charge in [-0.25, -0.2) is 0 Å². The summed E-state index contributed by atoms with van der Waals surface area (Å²) in [5, 5.41) is 0. The van der Waals surface area contributed by atoms with Crippen LogP contribution in [-0.4, -0.2) is 29.6 Å². The van der Waals surface area contributed by atoms with Crippen LogP contribution in [0.25, 0.3) is 0 Å². The van der Waals surface area contributed by atoms with Crippen LogP contribution in [0.4, 0.5) is 0 Å². The minimum absolute atomic E-state index is 0. The molecule has 0 aromatic carbocycles. The Morgan fingerprint density at radius 3 is 1.25 bits per heavy atom. The van der Waals surface area contributed by atoms with Crippen molar-refractivity contribution in [3.8, 4) is 0 Å². The van der Waals surface area contributed by atoms with Crippen molar-refractivity contribution in [2.75, 3.05) is 0 Å². The Bertz CT molecular complexity index is 27.0. The van der Waals surface area contributed by atoms with Gasteiger partial charge >= 0.3 is 32.8 Å². The van der Waals surface area contributed by atoms with Crippen LogP contribution >= 0.6 is 21.1 Å². The fourth-order valence-electron chi connectivity index (χ4n) is 0. The molecule has 0 unspecified atom stereocenters. The maximum atomic E-state index is 4.21. The van der Waals surface area contributed by atoms with Crippen LogP contribution < -0.4 is 0 Å². The Balaban J connectivity index is 0. The number of hydrogen-bond donors (Lipinski definition) is 0. The van der Waals surface area contributed by atoms with Crippen LogP contribution in [0, 0.1) is 0 Å². The topological polar surface area (TPSA) is 0 Å². The molecule has 4 heteroatoms. The molecule has 0 aromatic heterocycles. The molecule has 0 spiro atoms. The average molecular weight is 143 g/mol. The number of rotatable bonds is 0. The molecule has 0 aliphatic rings. The van der Waals surface area contributed by atoms with E-state index in [0.29, 0.717) is 11.7 Å². The molecule has 1 radical (unpaired) electrons. The predicted octanol–water partition coefficient (Wildman–Crippen LogP) is 0.913. The maximum absolute atomic E-state index is 4.21. The number of hydrogen-bond acceptors (Lipinski definition) is 2. The normalized spacial score (nSPS) is 4.00. The molecule has 0 aliphatic carbocycles. The van der Waals surface area contributed by atoms with E-state index in [9.17, 15) is 0 Å². The van der Waals surface area contributed by atoms with E-state index in [2.05, 4.69) is 21.1 Å². The Labute approximate surface area is 61.5 Å². The fraction of sp³-hybridized carbons (Fsp3) is 0. The summed E-state index contributed by atoms with van der Waals surface area (Å²) in [5.74, 6) is 0. The van der Waals surface area contributed by atoms with Gasteiger partial charge in [0.15, 0.2) is 0 Å². The summed E-state index contributed by atoms with van der Waals surface area (Å²) < 4.78 is 0. The zero-order valence-electron chi connectivity index (χ0n) is 2.17. The first kappa shape index (κ1) is 9.35. The molecule has 0 atom stereocenters. The second-order valence-electron chi connectivity index (χ2n) is 0.0589. The van der Waals surface area contributed by atoms with Crippen molar-refractivity contribution in [2.24, 2.45) is 0 Å². The van der Waals surface area contributed by atoms with Crippen molar-refractivity contribution < 1.29 is 11.7 Å². The van der Waals surface area contributed by atoms with Gasteiger partial charge in [0.05, 0.1) is 0 Å². The van der Waals surface area contributed by atoms with Crippen LogP contribution in [0.1, 0.15) is 0 Å². The van der Waals surface area contributed by atoms with Crippen LogP contribution in [0.2, 0.25) is 0 Å². The SMILES string of the molecule is [Na].[S]=[Fe]=[S]. The first-order valence-electron chi connectivity index (χ1n) is 0.289. The summed E-state index contributed by atoms with van der Waals surface area (Å²) in [4.78, 5) is 0. The standard InChI is InChI=1S/Fe.Na.2S. The van der Waals surface area contributed by atoms with Crippen LogP contribution in [0.15, 0.2) is 0 Å². The molecule has 0 fully saturated rings. The summed E-state index contributed by atoms with van der Waals surface area (Å²) in [6.45, 7) is 0. The van der Waals surface area contributed by atoms with E-state index in [1.165, 1.54) is 0 Å². The van der Waals surface area contributed by atoms with Crippen molar-refractivity contribution in [3.05, 3.63) is 0 Å². The third-order valence-corrected chi connectivity index (χ3v) is 0. The fourth-order valence-corrected chi connectivity index (χ4v) is 0. The van der Waals surface area contributed by atoms with E-state index in [-0.39, 0.29) is 29.6 Å². The Morgan fingerprint density at radius 1 is 1.25 bits per heavy atom. The van der Waals surface area contributed by atoms with E-state index >= 15 is 0 Å². The summed E-state index contributed by atoms with van der Waals surface area (Å²) >= 11 is 0.417. The molecule has 0 N–H and O–H groups in total. The molecule has 0 saturated heterocycles. The zero-order chi connectivity index (χ0) is 2.71. The van der Waals surface area contributed by atoms with Gasteiger partial charge < -0.3 is 0 Å². The van der Waals surface area contributed by atoms with E-state index in [1.54, 1.807) is 0 Å². The molecule has 0 nitrogen and oxygen atoms in total. The zero-order valence-corrected chi connectivity index (χ0v) is 6.91. The van der Waals surface area contributed by atoms with Gasteiger partial charge in [0.2, 0.25) is 0 Å². The third kappa shape index (κ3) is 9.03. The third-order valence-electron chi connectivity index (χ3n) is 0. The van der Waals surface area contributed by atoms with Crippen LogP contribution in [-0.2, 0) is 11.7 Å².